The van der Waals surface area contributed by atoms with Crippen LogP contribution in [-0.2, 0) is 10.8 Å². The van der Waals surface area contributed by atoms with Gasteiger partial charge in [0, 0.05) is 153 Å². The van der Waals surface area contributed by atoms with Gasteiger partial charge in [0.25, 0.3) is 0 Å². The van der Waals surface area contributed by atoms with Crippen molar-refractivity contribution in [3.63, 3.8) is 0 Å². The lowest BCUT2D eigenvalue weighted by atomic mass is 9.70. The van der Waals surface area contributed by atoms with E-state index in [1.165, 1.54) is 111 Å². The number of benzene rings is 22. The number of anilines is 20. The Labute approximate surface area is 846 Å². The molecule has 0 radical (unpaired) electrons. The summed E-state index contributed by atoms with van der Waals surface area (Å²) in [6, 6.07) is 199. The fraction of sp³-hybridized carbons (Fsp3) is 0.0588. The molecule has 0 heterocycles. The van der Waals surface area contributed by atoms with Gasteiger partial charge >= 0.3 is 0 Å². The van der Waals surface area contributed by atoms with Crippen LogP contribution in [0.4, 0.5) is 114 Å². The minimum absolute atomic E-state index is 0.00149. The van der Waals surface area contributed by atoms with Crippen molar-refractivity contribution in [2.75, 3.05) is 67.4 Å². The van der Waals surface area contributed by atoms with E-state index in [-0.39, 0.29) is 10.8 Å². The molecule has 0 fully saturated rings. The highest BCUT2D eigenvalue weighted by Gasteiger charge is 2.52. The first kappa shape index (κ1) is 90.9. The highest BCUT2D eigenvalue weighted by atomic mass is 15.2. The average molecular weight is 1860 g/mol. The quantitative estimate of drug-likeness (QED) is 0.0745. The Morgan fingerprint density at radius 2 is 0.361 bits per heavy atom. The summed E-state index contributed by atoms with van der Waals surface area (Å²) in [6.45, 7) is 4.66. The summed E-state index contributed by atoms with van der Waals surface area (Å²) in [5, 5.41) is 5.02. The van der Waals surface area contributed by atoms with Crippen molar-refractivity contribution in [1.29, 1.82) is 0 Å². The lowest BCUT2D eigenvalue weighted by Gasteiger charge is -2.31. The van der Waals surface area contributed by atoms with Crippen LogP contribution in [0.15, 0.2) is 558 Å². The normalized spacial score (nSPS) is 12.1. The second-order valence-electron chi connectivity index (χ2n) is 37.4. The predicted octanol–water partition coefficient (Wildman–Crippen LogP) is 36.7. The van der Waals surface area contributed by atoms with Gasteiger partial charge in [-0.15, -0.1) is 0 Å². The first-order valence-electron chi connectivity index (χ1n) is 49.5. The summed E-state index contributed by atoms with van der Waals surface area (Å²) in [7, 11) is 8.57. The highest BCUT2D eigenvalue weighted by molar-refractivity contribution is 5.99. The number of hydrogen-bond donors (Lipinski definition) is 0. The van der Waals surface area contributed by atoms with E-state index in [1.807, 2.05) is 12.1 Å². The molecule has 3 aliphatic rings. The van der Waals surface area contributed by atoms with Gasteiger partial charge < -0.3 is 39.2 Å². The first-order chi connectivity index (χ1) is 70.9. The first-order valence-corrected chi connectivity index (χ1v) is 49.5. The molecule has 0 saturated carbocycles. The molecular formula is C136H110N8. The summed E-state index contributed by atoms with van der Waals surface area (Å²) >= 11 is 0. The molecule has 0 amide bonds. The molecule has 1 spiro atoms. The van der Waals surface area contributed by atoms with E-state index in [0.717, 1.165) is 91.0 Å². The molecule has 0 N–H and O–H groups in total. The smallest absolute Gasteiger partial charge is 0.0726 e. The largest absolute Gasteiger partial charge is 0.345 e. The average Bonchev–Trinajstić information content (AvgIpc) is 1.51. The minimum atomic E-state index is -0.342. The van der Waals surface area contributed by atoms with Crippen molar-refractivity contribution < 1.29 is 0 Å². The van der Waals surface area contributed by atoms with Crippen LogP contribution >= 0.6 is 0 Å². The molecule has 0 aromatic heterocycles. The molecule has 3 aliphatic carbocycles. The summed E-state index contributed by atoms with van der Waals surface area (Å²) in [5.74, 6) is 0. The standard InChI is InChI=1S/C44H32N2.C34H30N2.2C29H24N2/c1-45(31-24-26-34(27-25-31)46(32-14-4-2-5-15-32)33-16-6-3-7-17-33)35-28-29-39-38-20-10-13-23-42(38)44(43(39)30-35)40-21-11-8-18-36(40)37-19-9-12-22-41(37)44;1-34(2)32-17-11-10-16-30(32)31-23-22-29(24-33(31)34)35(3)25-18-20-28(21-19-25)36(26-12-6-4-7-13-26)27-14-8-5-9-15-27;1-30(29-18-10-12-23-11-8-9-17-28(23)29)24-19-21-27(22-20-24)31(25-13-4-2-5-14-25)26-15-6-3-7-16-26;1-30(29-17-16-23-10-8-9-11-24(23)22-29)25-18-20-28(21-19-25)31(26-12-4-2-5-13-26)27-14-6-3-7-15-27/h2-30H,1H3;4-24H,1-3H3;2*2-22H,1H3. The fourth-order valence-corrected chi connectivity index (χ4v) is 21.4. The fourth-order valence-electron chi connectivity index (χ4n) is 21.4. The van der Waals surface area contributed by atoms with E-state index < -0.39 is 0 Å². The molecule has 0 aliphatic heterocycles. The van der Waals surface area contributed by atoms with Crippen molar-refractivity contribution in [3.05, 3.63) is 591 Å². The van der Waals surface area contributed by atoms with Gasteiger partial charge in [-0.05, 0) is 320 Å². The molecule has 0 saturated heterocycles. The lowest BCUT2D eigenvalue weighted by molar-refractivity contribution is 0.660. The van der Waals surface area contributed by atoms with Crippen molar-refractivity contribution >= 4 is 135 Å². The monoisotopic (exact) mass is 1850 g/mol. The number of hydrogen-bond acceptors (Lipinski definition) is 8. The van der Waals surface area contributed by atoms with E-state index in [9.17, 15) is 0 Å². The number of nitrogens with zero attached hydrogens (tertiary/aromatic N) is 8. The maximum Gasteiger partial charge on any atom is 0.0726 e. The molecule has 0 bridgehead atoms. The van der Waals surface area contributed by atoms with Crippen molar-refractivity contribution in [2.24, 2.45) is 0 Å². The summed E-state index contributed by atoms with van der Waals surface area (Å²) in [5.41, 5.74) is 38.9. The van der Waals surface area contributed by atoms with Gasteiger partial charge in [-0.1, -0.05) is 335 Å². The van der Waals surface area contributed by atoms with Crippen LogP contribution in [0.25, 0.3) is 54.9 Å². The maximum atomic E-state index is 2.43. The molecular weight excluding hydrogens is 1750 g/mol. The summed E-state index contributed by atoms with van der Waals surface area (Å²) in [6.07, 6.45) is 0. The Morgan fingerprint density at radius 1 is 0.139 bits per heavy atom. The third kappa shape index (κ3) is 17.7. The third-order valence-electron chi connectivity index (χ3n) is 28.7. The molecule has 22 aromatic carbocycles. The van der Waals surface area contributed by atoms with Crippen LogP contribution in [0.5, 0.6) is 0 Å². The van der Waals surface area contributed by atoms with E-state index in [4.69, 9.17) is 0 Å². The van der Waals surface area contributed by atoms with Gasteiger partial charge in [-0.3, -0.25) is 0 Å². The van der Waals surface area contributed by atoms with Crippen molar-refractivity contribution in [2.45, 2.75) is 24.7 Å². The van der Waals surface area contributed by atoms with Crippen LogP contribution in [-0.4, -0.2) is 28.2 Å². The number of fused-ring (bicyclic) bond motifs is 15. The maximum absolute atomic E-state index is 2.43. The second kappa shape index (κ2) is 40.3. The zero-order valence-corrected chi connectivity index (χ0v) is 81.7. The van der Waals surface area contributed by atoms with E-state index in [2.05, 4.69) is 627 Å². The van der Waals surface area contributed by atoms with Gasteiger partial charge in [-0.2, -0.15) is 0 Å². The van der Waals surface area contributed by atoms with E-state index in [0.29, 0.717) is 0 Å². The van der Waals surface area contributed by atoms with Gasteiger partial charge in [0.15, 0.2) is 0 Å². The minimum Gasteiger partial charge on any atom is -0.345 e. The Balaban J connectivity index is 0.000000111. The Morgan fingerprint density at radius 3 is 0.708 bits per heavy atom. The van der Waals surface area contributed by atoms with Gasteiger partial charge in [0.1, 0.15) is 0 Å². The zero-order valence-electron chi connectivity index (χ0n) is 81.7. The predicted molar refractivity (Wildman–Crippen MR) is 611 cm³/mol. The van der Waals surface area contributed by atoms with Crippen LogP contribution in [0.3, 0.4) is 0 Å². The molecule has 25 rings (SSSR count). The number of rotatable bonds is 20. The second-order valence-corrected chi connectivity index (χ2v) is 37.4. The summed E-state index contributed by atoms with van der Waals surface area (Å²) < 4.78 is 0. The van der Waals surface area contributed by atoms with Crippen LogP contribution in [0, 0.1) is 0 Å². The molecule has 22 aromatic rings. The Kier molecular flexibility index (Phi) is 25.4. The third-order valence-corrected chi connectivity index (χ3v) is 28.7. The van der Waals surface area contributed by atoms with E-state index >= 15 is 0 Å². The van der Waals surface area contributed by atoms with Gasteiger partial charge in [-0.25, -0.2) is 0 Å². The molecule has 8 heteroatoms. The van der Waals surface area contributed by atoms with Gasteiger partial charge in [0.2, 0.25) is 0 Å². The van der Waals surface area contributed by atoms with Crippen LogP contribution in [0.2, 0.25) is 0 Å². The molecule has 0 atom stereocenters. The topological polar surface area (TPSA) is 25.9 Å². The molecule has 8 nitrogen and oxygen atoms in total. The number of para-hydroxylation sites is 8. The Hall–Kier alpha value is -18.2. The van der Waals surface area contributed by atoms with Gasteiger partial charge in [0.05, 0.1) is 5.41 Å². The van der Waals surface area contributed by atoms with Crippen LogP contribution in [0.1, 0.15) is 47.2 Å². The molecule has 0 unspecified atom stereocenters. The molecule has 144 heavy (non-hydrogen) atoms. The SMILES string of the molecule is CN(c1ccc(N(c2ccccc2)c2ccccc2)cc1)c1ccc2c(c1)C(C)(C)c1ccccc1-2.CN(c1ccc(N(c2ccccc2)c2ccccc2)cc1)c1ccc2c(c1)C1(c3ccccc3-c3ccccc31)c1ccccc1-2.CN(c1ccc(N(c2ccccc2)c2ccccc2)cc1)c1ccc2ccccc2c1.CN(c1ccc(N(c2ccccc2)c2ccccc2)cc1)c1cccc2ccccc12. The van der Waals surface area contributed by atoms with E-state index in [1.54, 1.807) is 0 Å². The lowest BCUT2D eigenvalue weighted by Crippen LogP contribution is -2.26. The van der Waals surface area contributed by atoms with Crippen molar-refractivity contribution in [3.8, 4) is 33.4 Å². The van der Waals surface area contributed by atoms with Crippen molar-refractivity contribution in [1.82, 2.24) is 0 Å². The summed E-state index contributed by atoms with van der Waals surface area (Å²) in [4.78, 5) is 18.2. The zero-order chi connectivity index (χ0) is 97.5. The van der Waals surface area contributed by atoms with Crippen LogP contribution < -0.4 is 39.2 Å². The highest BCUT2D eigenvalue weighted by Crippen LogP contribution is 2.64. The Bertz CT molecular complexity index is 7970. The molecule has 694 valence electrons.